The van der Waals surface area contributed by atoms with E-state index in [4.69, 9.17) is 4.99 Å². The van der Waals surface area contributed by atoms with Gasteiger partial charge in [-0.25, -0.2) is 9.98 Å². The Bertz CT molecular complexity index is 3510. The fraction of sp³-hybridized carbons (Fsp3) is 0.151. The number of alkyl halides is 12. The number of nitriles is 1. The first-order valence-electron chi connectivity index (χ1n) is 21.5. The summed E-state index contributed by atoms with van der Waals surface area (Å²) in [7, 11) is 1.74. The number of para-hydroxylation sites is 2. The summed E-state index contributed by atoms with van der Waals surface area (Å²) in [6.07, 6.45) is -21.3. The van der Waals surface area contributed by atoms with Gasteiger partial charge in [0.15, 0.2) is 0 Å². The molecule has 0 radical (unpaired) electrons. The van der Waals surface area contributed by atoms with Gasteiger partial charge in [0.25, 0.3) is 0 Å². The fourth-order valence-electron chi connectivity index (χ4n) is 9.39. The molecule has 0 saturated heterocycles. The normalized spacial score (nSPS) is 15.0. The summed E-state index contributed by atoms with van der Waals surface area (Å²) in [5, 5.41) is 13.7. The Balaban J connectivity index is 1.31. The number of amidine groups is 2. The summed E-state index contributed by atoms with van der Waals surface area (Å²) in [5.41, 5.74) is -4.43. The largest absolute Gasteiger partial charge is 0.416 e. The van der Waals surface area contributed by atoms with Crippen LogP contribution in [0.1, 0.15) is 53.4 Å². The molecule has 0 fully saturated rings. The molecule has 10 rings (SSSR count). The van der Waals surface area contributed by atoms with E-state index in [1.54, 1.807) is 108 Å². The van der Waals surface area contributed by atoms with Crippen LogP contribution in [0, 0.1) is 11.3 Å². The average molecular weight is 981 g/mol. The van der Waals surface area contributed by atoms with Crippen LogP contribution in [0.5, 0.6) is 0 Å². The first kappa shape index (κ1) is 46.6. The zero-order chi connectivity index (χ0) is 50.7. The van der Waals surface area contributed by atoms with Crippen molar-refractivity contribution in [3.05, 3.63) is 167 Å². The van der Waals surface area contributed by atoms with Crippen molar-refractivity contribution in [2.45, 2.75) is 44.7 Å². The molecule has 1 aliphatic heterocycles. The maximum Gasteiger partial charge on any atom is 0.416 e. The molecule has 2 aromatic heterocycles. The number of aliphatic imine (C=N–C) groups is 2. The molecule has 1 unspecified atom stereocenters. The summed E-state index contributed by atoms with van der Waals surface area (Å²) >= 11 is 0. The number of rotatable bonds is 5. The maximum absolute atomic E-state index is 14.1. The molecule has 18 heteroatoms. The Hall–Kier alpha value is -8.07. The van der Waals surface area contributed by atoms with Crippen molar-refractivity contribution in [1.29, 1.82) is 5.26 Å². The lowest BCUT2D eigenvalue weighted by atomic mass is 9.98. The molecule has 0 bridgehead atoms. The van der Waals surface area contributed by atoms with Gasteiger partial charge in [-0.3, -0.25) is 0 Å². The smallest absolute Gasteiger partial charge is 0.338 e. The minimum atomic E-state index is -5.13. The SMILES string of the molecule is CC1=NC(c2cc(-n3c4ccccc4c4ccc(-c5cc(C(F)(F)F)cc(C(F)(F)F)c5)cc43)c(C#N)c(-n3c4ccccc4c4ccc(-c5cc(C(F)(F)F)cc(C(F)(F)F)c5)cc43)c2)N(C)C(C)=N1. The molecule has 1 atom stereocenters. The highest BCUT2D eigenvalue weighted by molar-refractivity contribution is 6.12. The van der Waals surface area contributed by atoms with E-state index in [1.165, 1.54) is 24.3 Å². The van der Waals surface area contributed by atoms with Crippen LogP contribution < -0.4 is 0 Å². The minimum absolute atomic E-state index is 0.00897. The molecular formula is C53H32F12N6. The molecule has 3 heterocycles. The van der Waals surface area contributed by atoms with Gasteiger partial charge in [-0.15, -0.1) is 0 Å². The maximum atomic E-state index is 14.1. The number of nitrogens with zero attached hydrogens (tertiary/aromatic N) is 6. The van der Waals surface area contributed by atoms with Crippen LogP contribution in [0.3, 0.4) is 0 Å². The van der Waals surface area contributed by atoms with Gasteiger partial charge in [0.1, 0.15) is 29.5 Å². The number of fused-ring (bicyclic) bond motifs is 6. The highest BCUT2D eigenvalue weighted by Crippen LogP contribution is 2.45. The molecule has 0 aliphatic carbocycles. The summed E-state index contributed by atoms with van der Waals surface area (Å²) in [5.74, 6) is 0.969. The summed E-state index contributed by atoms with van der Waals surface area (Å²) in [4.78, 5) is 11.1. The zero-order valence-corrected chi connectivity index (χ0v) is 37.0. The Labute approximate surface area is 394 Å². The Morgan fingerprint density at radius 3 is 1.23 bits per heavy atom. The third-order valence-electron chi connectivity index (χ3n) is 12.7. The molecule has 0 spiro atoms. The van der Waals surface area contributed by atoms with Gasteiger partial charge in [0.2, 0.25) is 0 Å². The summed E-state index contributed by atoms with van der Waals surface area (Å²) < 4.78 is 173. The first-order valence-corrected chi connectivity index (χ1v) is 21.5. The first-order chi connectivity index (χ1) is 33.4. The molecule has 7 aromatic carbocycles. The Morgan fingerprint density at radius 1 is 0.465 bits per heavy atom. The van der Waals surface area contributed by atoms with Crippen molar-refractivity contribution >= 4 is 55.3 Å². The monoisotopic (exact) mass is 980 g/mol. The molecule has 0 N–H and O–H groups in total. The van der Waals surface area contributed by atoms with Crippen molar-refractivity contribution in [2.75, 3.05) is 7.05 Å². The highest BCUT2D eigenvalue weighted by Gasteiger charge is 2.39. The predicted octanol–water partition coefficient (Wildman–Crippen LogP) is 15.9. The Morgan fingerprint density at radius 2 is 0.845 bits per heavy atom. The summed E-state index contributed by atoms with van der Waals surface area (Å²) in [6, 6.07) is 31.1. The lowest BCUT2D eigenvalue weighted by Gasteiger charge is -2.31. The zero-order valence-electron chi connectivity index (χ0n) is 37.0. The fourth-order valence-corrected chi connectivity index (χ4v) is 9.39. The molecular weight excluding hydrogens is 949 g/mol. The predicted molar refractivity (Wildman–Crippen MR) is 247 cm³/mol. The molecule has 6 nitrogen and oxygen atoms in total. The quantitative estimate of drug-likeness (QED) is 0.161. The van der Waals surface area contributed by atoms with Crippen LogP contribution in [0.2, 0.25) is 0 Å². The molecule has 358 valence electrons. The summed E-state index contributed by atoms with van der Waals surface area (Å²) in [6.45, 7) is 3.45. The molecule has 1 aliphatic rings. The van der Waals surface area contributed by atoms with Crippen LogP contribution in [-0.2, 0) is 24.7 Å². The van der Waals surface area contributed by atoms with Crippen molar-refractivity contribution in [2.24, 2.45) is 9.98 Å². The Kier molecular flexibility index (Phi) is 10.7. The third kappa shape index (κ3) is 8.08. The second kappa shape index (κ2) is 16.3. The second-order valence-electron chi connectivity index (χ2n) is 17.1. The van der Waals surface area contributed by atoms with Crippen LogP contribution in [0.15, 0.2) is 143 Å². The van der Waals surface area contributed by atoms with E-state index in [2.05, 4.69) is 11.1 Å². The lowest BCUT2D eigenvalue weighted by molar-refractivity contribution is -0.144. The van der Waals surface area contributed by atoms with Gasteiger partial charge in [-0.05, 0) is 109 Å². The van der Waals surface area contributed by atoms with Crippen molar-refractivity contribution in [3.63, 3.8) is 0 Å². The van der Waals surface area contributed by atoms with Crippen LogP contribution in [0.4, 0.5) is 52.7 Å². The van der Waals surface area contributed by atoms with E-state index in [0.29, 0.717) is 85.1 Å². The van der Waals surface area contributed by atoms with Crippen LogP contribution in [0.25, 0.3) is 77.2 Å². The standard InChI is InChI=1S/C53H32F12N6/c1-27-67-28(2)69(3)49(68-27)33-22-47(70-43-10-6-4-8-38(43)40-14-12-29(20-45(40)70)31-16-34(50(54,55)56)24-35(17-31)51(57,58)59)42(26-66)48(23-33)71-44-11-7-5-9-39(44)41-15-13-30(21-46(41)71)32-18-36(52(60,61)62)25-37(19-32)53(63,64)65/h4-25,49H,1-3H3. The molecule has 9 aromatic rings. The molecule has 0 amide bonds. The molecule has 71 heavy (non-hydrogen) atoms. The van der Waals surface area contributed by atoms with Gasteiger partial charge in [-0.2, -0.15) is 57.9 Å². The van der Waals surface area contributed by atoms with Gasteiger partial charge in [0, 0.05) is 34.2 Å². The van der Waals surface area contributed by atoms with E-state index in [-0.39, 0.29) is 51.3 Å². The van der Waals surface area contributed by atoms with E-state index in [9.17, 15) is 57.9 Å². The number of hydrogen-bond donors (Lipinski definition) is 0. The van der Waals surface area contributed by atoms with Crippen LogP contribution >= 0.6 is 0 Å². The van der Waals surface area contributed by atoms with Crippen molar-refractivity contribution in [1.82, 2.24) is 14.0 Å². The average Bonchev–Trinajstić information content (AvgIpc) is 3.82. The molecule has 0 saturated carbocycles. The van der Waals surface area contributed by atoms with Gasteiger partial charge in [-0.1, -0.05) is 60.7 Å². The lowest BCUT2D eigenvalue weighted by Crippen LogP contribution is -2.32. The van der Waals surface area contributed by atoms with E-state index >= 15 is 0 Å². The number of aromatic nitrogens is 2. The topological polar surface area (TPSA) is 61.6 Å². The number of hydrogen-bond acceptors (Lipinski definition) is 4. The van der Waals surface area contributed by atoms with Gasteiger partial charge < -0.3 is 14.0 Å². The second-order valence-corrected chi connectivity index (χ2v) is 17.1. The number of halogens is 12. The highest BCUT2D eigenvalue weighted by atomic mass is 19.4. The van der Waals surface area contributed by atoms with E-state index < -0.39 is 53.1 Å². The van der Waals surface area contributed by atoms with Gasteiger partial charge >= 0.3 is 24.7 Å². The van der Waals surface area contributed by atoms with Crippen LogP contribution in [-0.4, -0.2) is 32.8 Å². The minimum Gasteiger partial charge on any atom is -0.338 e. The van der Waals surface area contributed by atoms with Crippen molar-refractivity contribution < 1.29 is 52.7 Å². The number of benzene rings is 7. The van der Waals surface area contributed by atoms with E-state index in [0.717, 1.165) is 0 Å². The third-order valence-corrected chi connectivity index (χ3v) is 12.7. The van der Waals surface area contributed by atoms with Crippen molar-refractivity contribution in [3.8, 4) is 39.7 Å². The van der Waals surface area contributed by atoms with E-state index in [1.807, 2.05) is 0 Å². The van der Waals surface area contributed by atoms with Gasteiger partial charge in [0.05, 0.1) is 55.7 Å².